The van der Waals surface area contributed by atoms with Gasteiger partial charge in [0.05, 0.1) is 4.90 Å². The highest BCUT2D eigenvalue weighted by Crippen LogP contribution is 2.17. The van der Waals surface area contributed by atoms with Gasteiger partial charge in [-0.3, -0.25) is 4.79 Å². The molecule has 0 spiro atoms. The fourth-order valence-corrected chi connectivity index (χ4v) is 3.40. The molecule has 3 rings (SSSR count). The van der Waals surface area contributed by atoms with E-state index in [1.807, 2.05) is 55.5 Å². The van der Waals surface area contributed by atoms with Crippen molar-refractivity contribution >= 4 is 21.6 Å². The van der Waals surface area contributed by atoms with E-state index in [0.29, 0.717) is 12.1 Å². The average Bonchev–Trinajstić information content (AvgIpc) is 2.72. The van der Waals surface area contributed by atoms with Crippen molar-refractivity contribution in [2.24, 2.45) is 5.14 Å². The van der Waals surface area contributed by atoms with Crippen molar-refractivity contribution in [3.63, 3.8) is 0 Å². The highest BCUT2D eigenvalue weighted by molar-refractivity contribution is 7.89. The Morgan fingerprint density at radius 2 is 1.66 bits per heavy atom. The standard InChI is InChI=1S/C22H23N3O3S/c1-16(18-10-12-21(13-11-18)29(23,27)28)24-15-17-6-5-7-19(14-17)22(26)25-20-8-3-2-4-9-20/h2-14,16,24H,15H2,1H3,(H,25,26)(H2,23,27,28)/t16-/m1/s1. The third kappa shape index (κ3) is 5.74. The fourth-order valence-electron chi connectivity index (χ4n) is 2.88. The molecule has 7 heteroatoms. The summed E-state index contributed by atoms with van der Waals surface area (Å²) in [4.78, 5) is 12.5. The van der Waals surface area contributed by atoms with Crippen molar-refractivity contribution in [3.05, 3.63) is 95.6 Å². The van der Waals surface area contributed by atoms with Crippen LogP contribution >= 0.6 is 0 Å². The van der Waals surface area contributed by atoms with E-state index in [4.69, 9.17) is 5.14 Å². The van der Waals surface area contributed by atoms with Crippen LogP contribution in [0.4, 0.5) is 5.69 Å². The SMILES string of the molecule is C[C@@H](NCc1cccc(C(=O)Nc2ccccc2)c1)c1ccc(S(N)(=O)=O)cc1. The molecule has 0 saturated heterocycles. The number of rotatable bonds is 7. The summed E-state index contributed by atoms with van der Waals surface area (Å²) in [5.41, 5.74) is 3.24. The second-order valence-corrected chi connectivity index (χ2v) is 8.30. The highest BCUT2D eigenvalue weighted by Gasteiger charge is 2.11. The van der Waals surface area contributed by atoms with Crippen LogP contribution in [0.25, 0.3) is 0 Å². The van der Waals surface area contributed by atoms with Gasteiger partial charge in [0.25, 0.3) is 5.91 Å². The molecule has 0 aliphatic carbocycles. The van der Waals surface area contributed by atoms with Crippen LogP contribution in [-0.4, -0.2) is 14.3 Å². The average molecular weight is 410 g/mol. The van der Waals surface area contributed by atoms with E-state index in [9.17, 15) is 13.2 Å². The van der Waals surface area contributed by atoms with Crippen molar-refractivity contribution in [1.82, 2.24) is 5.32 Å². The lowest BCUT2D eigenvalue weighted by atomic mass is 10.1. The molecule has 3 aromatic carbocycles. The molecule has 1 amide bonds. The van der Waals surface area contributed by atoms with Gasteiger partial charge in [-0.2, -0.15) is 0 Å². The lowest BCUT2D eigenvalue weighted by molar-refractivity contribution is 0.102. The van der Waals surface area contributed by atoms with Crippen LogP contribution in [0.2, 0.25) is 0 Å². The molecule has 0 aliphatic rings. The first kappa shape index (κ1) is 20.7. The Bertz CT molecular complexity index is 1080. The number of hydrogen-bond donors (Lipinski definition) is 3. The van der Waals surface area contributed by atoms with Gasteiger partial charge in [0.2, 0.25) is 10.0 Å². The number of carbonyl (C=O) groups is 1. The Balaban J connectivity index is 1.62. The molecule has 3 aromatic rings. The van der Waals surface area contributed by atoms with Gasteiger partial charge < -0.3 is 10.6 Å². The lowest BCUT2D eigenvalue weighted by Gasteiger charge is -2.15. The third-order valence-corrected chi connectivity index (χ3v) is 5.47. The molecule has 0 radical (unpaired) electrons. The van der Waals surface area contributed by atoms with Gasteiger partial charge >= 0.3 is 0 Å². The van der Waals surface area contributed by atoms with Crippen molar-refractivity contribution < 1.29 is 13.2 Å². The zero-order chi connectivity index (χ0) is 20.9. The van der Waals surface area contributed by atoms with E-state index in [1.165, 1.54) is 12.1 Å². The number of nitrogens with two attached hydrogens (primary N) is 1. The summed E-state index contributed by atoms with van der Waals surface area (Å²) in [6.45, 7) is 2.54. The number of anilines is 1. The van der Waals surface area contributed by atoms with Gasteiger partial charge in [0.15, 0.2) is 0 Å². The van der Waals surface area contributed by atoms with Gasteiger partial charge in [-0.1, -0.05) is 42.5 Å². The molecule has 6 nitrogen and oxygen atoms in total. The Morgan fingerprint density at radius 1 is 0.966 bits per heavy atom. The first-order valence-corrected chi connectivity index (χ1v) is 10.7. The Kier molecular flexibility index (Phi) is 6.43. The van der Waals surface area contributed by atoms with E-state index in [2.05, 4.69) is 10.6 Å². The van der Waals surface area contributed by atoms with Crippen molar-refractivity contribution in [2.45, 2.75) is 24.4 Å². The van der Waals surface area contributed by atoms with Gasteiger partial charge in [-0.25, -0.2) is 13.6 Å². The summed E-state index contributed by atoms with van der Waals surface area (Å²) in [6.07, 6.45) is 0. The molecule has 0 aromatic heterocycles. The summed E-state index contributed by atoms with van der Waals surface area (Å²) in [5.74, 6) is -0.162. The number of nitrogens with one attached hydrogen (secondary N) is 2. The van der Waals surface area contributed by atoms with Crippen molar-refractivity contribution in [1.29, 1.82) is 0 Å². The molecule has 0 aliphatic heterocycles. The predicted molar refractivity (Wildman–Crippen MR) is 114 cm³/mol. The number of para-hydroxylation sites is 1. The molecule has 0 fully saturated rings. The van der Waals surface area contributed by atoms with Crippen LogP contribution in [0.5, 0.6) is 0 Å². The lowest BCUT2D eigenvalue weighted by Crippen LogP contribution is -2.19. The number of benzene rings is 3. The molecule has 0 heterocycles. The molecule has 0 saturated carbocycles. The molecule has 29 heavy (non-hydrogen) atoms. The second-order valence-electron chi connectivity index (χ2n) is 6.74. The van der Waals surface area contributed by atoms with E-state index in [1.54, 1.807) is 18.2 Å². The smallest absolute Gasteiger partial charge is 0.255 e. The van der Waals surface area contributed by atoms with Gasteiger partial charge in [0.1, 0.15) is 0 Å². The minimum absolute atomic E-state index is 0.00803. The predicted octanol–water partition coefficient (Wildman–Crippen LogP) is 3.44. The summed E-state index contributed by atoms with van der Waals surface area (Å²) < 4.78 is 22.7. The maximum absolute atomic E-state index is 12.4. The van der Waals surface area contributed by atoms with Crippen LogP contribution in [0.15, 0.2) is 83.8 Å². The van der Waals surface area contributed by atoms with Gasteiger partial charge in [-0.05, 0) is 54.4 Å². The van der Waals surface area contributed by atoms with Crippen molar-refractivity contribution in [3.8, 4) is 0 Å². The van der Waals surface area contributed by atoms with E-state index in [-0.39, 0.29) is 16.8 Å². The molecular weight excluding hydrogens is 386 g/mol. The Labute approximate surface area is 170 Å². The molecule has 0 bridgehead atoms. The number of carbonyl (C=O) groups excluding carboxylic acids is 1. The summed E-state index contributed by atoms with van der Waals surface area (Å²) in [5, 5.41) is 11.4. The molecule has 1 atom stereocenters. The Hall–Kier alpha value is -3.00. The van der Waals surface area contributed by atoms with Crippen LogP contribution in [0, 0.1) is 0 Å². The van der Waals surface area contributed by atoms with E-state index < -0.39 is 10.0 Å². The molecule has 4 N–H and O–H groups in total. The minimum atomic E-state index is -3.69. The van der Waals surface area contributed by atoms with E-state index >= 15 is 0 Å². The maximum Gasteiger partial charge on any atom is 0.255 e. The molecule has 150 valence electrons. The summed E-state index contributed by atoms with van der Waals surface area (Å²) in [7, 11) is -3.69. The van der Waals surface area contributed by atoms with Crippen LogP contribution in [0.1, 0.15) is 34.5 Å². The van der Waals surface area contributed by atoms with Gasteiger partial charge in [0, 0.05) is 23.8 Å². The van der Waals surface area contributed by atoms with Crippen LogP contribution in [-0.2, 0) is 16.6 Å². The fraction of sp³-hybridized carbons (Fsp3) is 0.136. The monoisotopic (exact) mass is 409 g/mol. The number of primary sulfonamides is 1. The zero-order valence-electron chi connectivity index (χ0n) is 16.0. The highest BCUT2D eigenvalue weighted by atomic mass is 32.2. The van der Waals surface area contributed by atoms with E-state index in [0.717, 1.165) is 16.8 Å². The third-order valence-electron chi connectivity index (χ3n) is 4.54. The maximum atomic E-state index is 12.4. The second kappa shape index (κ2) is 9.00. The summed E-state index contributed by atoms with van der Waals surface area (Å²) >= 11 is 0. The largest absolute Gasteiger partial charge is 0.322 e. The topological polar surface area (TPSA) is 101 Å². The first-order chi connectivity index (χ1) is 13.8. The normalized spacial score (nSPS) is 12.3. The first-order valence-electron chi connectivity index (χ1n) is 9.14. The molecule has 0 unspecified atom stereocenters. The minimum Gasteiger partial charge on any atom is -0.322 e. The number of amides is 1. The number of hydrogen-bond acceptors (Lipinski definition) is 4. The zero-order valence-corrected chi connectivity index (χ0v) is 16.8. The quantitative estimate of drug-likeness (QED) is 0.556. The van der Waals surface area contributed by atoms with Crippen LogP contribution < -0.4 is 15.8 Å². The summed E-state index contributed by atoms with van der Waals surface area (Å²) in [6, 6.07) is 23.2. The van der Waals surface area contributed by atoms with Crippen molar-refractivity contribution in [2.75, 3.05) is 5.32 Å². The van der Waals surface area contributed by atoms with Crippen LogP contribution in [0.3, 0.4) is 0 Å². The Morgan fingerprint density at radius 3 is 2.31 bits per heavy atom. The number of sulfonamides is 1. The van der Waals surface area contributed by atoms with Gasteiger partial charge in [-0.15, -0.1) is 0 Å². The molecular formula is C22H23N3O3S.